The van der Waals surface area contributed by atoms with Gasteiger partial charge in [0.1, 0.15) is 11.3 Å². The van der Waals surface area contributed by atoms with Crippen molar-refractivity contribution in [2.75, 3.05) is 5.32 Å². The SMILES string of the molecule is Cc1cnc(Cl)c(NC(=O)c2c(C)noc2C)c1. The number of hydrogen-bond donors (Lipinski definition) is 1. The third-order valence-corrected chi connectivity index (χ3v) is 2.79. The normalized spacial score (nSPS) is 10.4. The smallest absolute Gasteiger partial charge is 0.261 e. The van der Waals surface area contributed by atoms with E-state index >= 15 is 0 Å². The van der Waals surface area contributed by atoms with E-state index in [1.165, 1.54) is 0 Å². The van der Waals surface area contributed by atoms with Crippen LogP contribution in [0.4, 0.5) is 5.69 Å². The highest BCUT2D eigenvalue weighted by Crippen LogP contribution is 2.22. The first kappa shape index (κ1) is 12.6. The van der Waals surface area contributed by atoms with Gasteiger partial charge in [0.15, 0.2) is 5.15 Å². The van der Waals surface area contributed by atoms with E-state index in [1.54, 1.807) is 26.1 Å². The Labute approximate surface area is 109 Å². The Morgan fingerprint density at radius 3 is 2.72 bits per heavy atom. The average molecular weight is 266 g/mol. The van der Waals surface area contributed by atoms with Gasteiger partial charge in [0.2, 0.25) is 0 Å². The maximum Gasteiger partial charge on any atom is 0.261 e. The molecule has 0 atom stereocenters. The van der Waals surface area contributed by atoms with Gasteiger partial charge in [0, 0.05) is 6.20 Å². The van der Waals surface area contributed by atoms with Crippen LogP contribution >= 0.6 is 11.6 Å². The minimum absolute atomic E-state index is 0.251. The lowest BCUT2D eigenvalue weighted by Crippen LogP contribution is -2.14. The number of aromatic nitrogens is 2. The van der Waals surface area contributed by atoms with Crippen molar-refractivity contribution in [2.45, 2.75) is 20.8 Å². The second kappa shape index (κ2) is 4.78. The Hall–Kier alpha value is -1.88. The van der Waals surface area contributed by atoms with Crippen LogP contribution in [0, 0.1) is 20.8 Å². The quantitative estimate of drug-likeness (QED) is 0.848. The number of hydrogen-bond acceptors (Lipinski definition) is 4. The summed E-state index contributed by atoms with van der Waals surface area (Å²) < 4.78 is 4.95. The first-order chi connectivity index (χ1) is 8.49. The van der Waals surface area contributed by atoms with Crippen molar-refractivity contribution in [1.29, 1.82) is 0 Å². The minimum atomic E-state index is -0.305. The summed E-state index contributed by atoms with van der Waals surface area (Å²) in [6.07, 6.45) is 1.63. The molecular formula is C12H12ClN3O2. The molecule has 0 spiro atoms. The molecule has 0 bridgehead atoms. The van der Waals surface area contributed by atoms with Crippen LogP contribution in [0.3, 0.4) is 0 Å². The van der Waals surface area contributed by atoms with Crippen LogP contribution in [0.2, 0.25) is 5.15 Å². The average Bonchev–Trinajstić information content (AvgIpc) is 2.63. The topological polar surface area (TPSA) is 68.0 Å². The summed E-state index contributed by atoms with van der Waals surface area (Å²) in [7, 11) is 0. The van der Waals surface area contributed by atoms with Gasteiger partial charge in [-0.3, -0.25) is 4.79 Å². The number of rotatable bonds is 2. The van der Waals surface area contributed by atoms with Crippen molar-refractivity contribution in [2.24, 2.45) is 0 Å². The van der Waals surface area contributed by atoms with Gasteiger partial charge in [0.05, 0.1) is 11.4 Å². The zero-order chi connectivity index (χ0) is 13.3. The molecule has 94 valence electrons. The Bertz CT molecular complexity index is 588. The fraction of sp³-hybridized carbons (Fsp3) is 0.250. The van der Waals surface area contributed by atoms with Crippen molar-refractivity contribution in [3.8, 4) is 0 Å². The number of aryl methyl sites for hydroxylation is 3. The summed E-state index contributed by atoms with van der Waals surface area (Å²) in [5.41, 5.74) is 2.35. The van der Waals surface area contributed by atoms with E-state index in [4.69, 9.17) is 16.1 Å². The molecule has 6 heteroatoms. The van der Waals surface area contributed by atoms with Crippen molar-refractivity contribution in [3.63, 3.8) is 0 Å². The molecular weight excluding hydrogens is 254 g/mol. The molecule has 5 nitrogen and oxygen atoms in total. The van der Waals surface area contributed by atoms with Crippen LogP contribution in [0.25, 0.3) is 0 Å². The Balaban J connectivity index is 2.30. The zero-order valence-electron chi connectivity index (χ0n) is 10.2. The number of carbonyl (C=O) groups excluding carboxylic acids is 1. The summed E-state index contributed by atoms with van der Waals surface area (Å²) >= 11 is 5.92. The molecule has 0 saturated heterocycles. The Morgan fingerprint density at radius 1 is 1.39 bits per heavy atom. The predicted molar refractivity (Wildman–Crippen MR) is 67.9 cm³/mol. The molecule has 0 unspecified atom stereocenters. The number of nitrogens with zero attached hydrogens (tertiary/aromatic N) is 2. The van der Waals surface area contributed by atoms with Crippen LogP contribution in [0.5, 0.6) is 0 Å². The standard InChI is InChI=1S/C12H12ClN3O2/c1-6-4-9(11(13)14-5-6)15-12(17)10-7(2)16-18-8(10)3/h4-5H,1-3H3,(H,15,17). The maximum atomic E-state index is 12.1. The van der Waals surface area contributed by atoms with E-state index in [9.17, 15) is 4.79 Å². The summed E-state index contributed by atoms with van der Waals surface area (Å²) in [4.78, 5) is 16.1. The van der Waals surface area contributed by atoms with Crippen LogP contribution in [0.1, 0.15) is 27.4 Å². The second-order valence-electron chi connectivity index (χ2n) is 4.00. The van der Waals surface area contributed by atoms with Gasteiger partial charge in [-0.25, -0.2) is 4.98 Å². The summed E-state index contributed by atoms with van der Waals surface area (Å²) in [5.74, 6) is 0.169. The molecule has 0 radical (unpaired) electrons. The van der Waals surface area contributed by atoms with Crippen LogP contribution in [-0.2, 0) is 0 Å². The predicted octanol–water partition coefficient (Wildman–Crippen LogP) is 2.90. The third-order valence-electron chi connectivity index (χ3n) is 2.48. The van der Waals surface area contributed by atoms with Gasteiger partial charge < -0.3 is 9.84 Å². The van der Waals surface area contributed by atoms with Gasteiger partial charge in [-0.1, -0.05) is 16.8 Å². The fourth-order valence-electron chi connectivity index (χ4n) is 1.63. The minimum Gasteiger partial charge on any atom is -0.361 e. The first-order valence-corrected chi connectivity index (χ1v) is 5.73. The van der Waals surface area contributed by atoms with Crippen LogP contribution < -0.4 is 5.32 Å². The number of pyridine rings is 1. The van der Waals surface area contributed by atoms with Gasteiger partial charge in [0.25, 0.3) is 5.91 Å². The summed E-state index contributed by atoms with van der Waals surface area (Å²) in [5, 5.41) is 6.69. The van der Waals surface area contributed by atoms with Gasteiger partial charge >= 0.3 is 0 Å². The van der Waals surface area contributed by atoms with Crippen molar-refractivity contribution < 1.29 is 9.32 Å². The fourth-order valence-corrected chi connectivity index (χ4v) is 1.78. The number of amides is 1. The first-order valence-electron chi connectivity index (χ1n) is 5.35. The van der Waals surface area contributed by atoms with Gasteiger partial charge in [-0.05, 0) is 32.4 Å². The molecule has 2 heterocycles. The number of halogens is 1. The Morgan fingerprint density at radius 2 is 2.11 bits per heavy atom. The molecule has 0 saturated carbocycles. The number of anilines is 1. The highest BCUT2D eigenvalue weighted by Gasteiger charge is 2.18. The van der Waals surface area contributed by atoms with Crippen molar-refractivity contribution >= 4 is 23.2 Å². The lowest BCUT2D eigenvalue weighted by molar-refractivity contribution is 0.102. The van der Waals surface area contributed by atoms with E-state index in [0.717, 1.165) is 5.56 Å². The van der Waals surface area contributed by atoms with Crippen LogP contribution in [-0.4, -0.2) is 16.0 Å². The highest BCUT2D eigenvalue weighted by atomic mass is 35.5. The van der Waals surface area contributed by atoms with E-state index in [2.05, 4.69) is 15.5 Å². The second-order valence-corrected chi connectivity index (χ2v) is 4.36. The maximum absolute atomic E-state index is 12.1. The molecule has 18 heavy (non-hydrogen) atoms. The molecule has 0 aliphatic heterocycles. The summed E-state index contributed by atoms with van der Waals surface area (Å²) in [6, 6.07) is 1.76. The lowest BCUT2D eigenvalue weighted by atomic mass is 10.2. The molecule has 0 aliphatic rings. The number of carbonyl (C=O) groups is 1. The summed E-state index contributed by atoms with van der Waals surface area (Å²) in [6.45, 7) is 5.27. The highest BCUT2D eigenvalue weighted by molar-refractivity contribution is 6.32. The van der Waals surface area contributed by atoms with E-state index in [1.807, 2.05) is 6.92 Å². The van der Waals surface area contributed by atoms with Crippen molar-refractivity contribution in [1.82, 2.24) is 10.1 Å². The van der Waals surface area contributed by atoms with E-state index in [0.29, 0.717) is 22.7 Å². The molecule has 2 rings (SSSR count). The van der Waals surface area contributed by atoms with Crippen molar-refractivity contribution in [3.05, 3.63) is 40.0 Å². The molecule has 0 aliphatic carbocycles. The monoisotopic (exact) mass is 265 g/mol. The molecule has 1 amide bonds. The molecule has 2 aromatic heterocycles. The van der Waals surface area contributed by atoms with Gasteiger partial charge in [-0.2, -0.15) is 0 Å². The lowest BCUT2D eigenvalue weighted by Gasteiger charge is -2.06. The third kappa shape index (κ3) is 2.36. The number of nitrogens with one attached hydrogen (secondary N) is 1. The van der Waals surface area contributed by atoms with Gasteiger partial charge in [-0.15, -0.1) is 0 Å². The molecule has 0 fully saturated rings. The molecule has 0 aromatic carbocycles. The van der Waals surface area contributed by atoms with Crippen LogP contribution in [0.15, 0.2) is 16.8 Å². The molecule has 2 aromatic rings. The van der Waals surface area contributed by atoms with E-state index < -0.39 is 0 Å². The molecule has 1 N–H and O–H groups in total. The Kier molecular flexibility index (Phi) is 3.34. The van der Waals surface area contributed by atoms with E-state index in [-0.39, 0.29) is 11.1 Å². The largest absolute Gasteiger partial charge is 0.361 e. The zero-order valence-corrected chi connectivity index (χ0v) is 11.0.